The number of nitrogens with zero attached hydrogens (tertiary/aromatic N) is 6. The summed E-state index contributed by atoms with van der Waals surface area (Å²) < 4.78 is 59.1. The van der Waals surface area contributed by atoms with Gasteiger partial charge in [-0.05, 0) is 12.5 Å². The summed E-state index contributed by atoms with van der Waals surface area (Å²) >= 11 is 0. The lowest BCUT2D eigenvalue weighted by Gasteiger charge is -2.09. The predicted octanol–water partition coefficient (Wildman–Crippen LogP) is -0.415. The average molecular weight is 730 g/mol. The van der Waals surface area contributed by atoms with Crippen LogP contribution in [0.25, 0.3) is 11.6 Å². The number of aryl methyl sites for hydroxylation is 1. The van der Waals surface area contributed by atoms with E-state index in [-0.39, 0.29) is 18.3 Å². The largest absolute Gasteiger partial charge is 0.382 e. The lowest BCUT2D eigenvalue weighted by molar-refractivity contribution is -0.126. The van der Waals surface area contributed by atoms with Crippen molar-refractivity contribution in [2.24, 2.45) is 0 Å². The Kier molecular flexibility index (Phi) is 29.6. The Labute approximate surface area is 299 Å². The highest BCUT2D eigenvalue weighted by atomic mass is 16.6. The number of aromatic nitrogens is 6. The summed E-state index contributed by atoms with van der Waals surface area (Å²) in [6.07, 6.45) is 4.34. The fraction of sp³-hybridized carbons (Fsp3) is 0.781. The molecule has 0 unspecified atom stereocenters. The Morgan fingerprint density at radius 3 is 1.27 bits per heavy atom. The second-order valence-corrected chi connectivity index (χ2v) is 10.2. The van der Waals surface area contributed by atoms with Gasteiger partial charge in [-0.1, -0.05) is 0 Å². The first-order valence-electron chi connectivity index (χ1n) is 17.2. The molecule has 2 aromatic heterocycles. The Morgan fingerprint density at radius 2 is 0.882 bits per heavy atom. The van der Waals surface area contributed by atoms with Crippen LogP contribution >= 0.6 is 0 Å². The number of ether oxygens (including phenoxy) is 11. The van der Waals surface area contributed by atoms with E-state index in [1.165, 1.54) is 0 Å². The van der Waals surface area contributed by atoms with Gasteiger partial charge in [0.15, 0.2) is 5.82 Å². The average Bonchev–Trinajstić information content (AvgIpc) is 3.16. The SMILES string of the molecule is COCCOCCOCCOCCOCCOCCOCCOCCOCCOCCOCC(=O)NCCCc1nnc(-c2ncccn2)nn1. The van der Waals surface area contributed by atoms with Gasteiger partial charge in [0.2, 0.25) is 17.6 Å². The van der Waals surface area contributed by atoms with Crippen molar-refractivity contribution in [2.45, 2.75) is 12.8 Å². The fourth-order valence-corrected chi connectivity index (χ4v) is 3.67. The van der Waals surface area contributed by atoms with Gasteiger partial charge in [0, 0.05) is 32.5 Å². The zero-order valence-electron chi connectivity index (χ0n) is 29.8. The molecule has 0 aliphatic heterocycles. The minimum atomic E-state index is -0.208. The van der Waals surface area contributed by atoms with Gasteiger partial charge in [-0.25, -0.2) is 9.97 Å². The number of carbonyl (C=O) groups is 1. The van der Waals surface area contributed by atoms with Crippen molar-refractivity contribution in [2.75, 3.05) is 152 Å². The smallest absolute Gasteiger partial charge is 0.245 e. The van der Waals surface area contributed by atoms with Gasteiger partial charge in [0.1, 0.15) is 6.61 Å². The second kappa shape index (κ2) is 34.2. The Bertz CT molecular complexity index is 1050. The number of hydrogen-bond acceptors (Lipinski definition) is 18. The topological polar surface area (TPSA) is 208 Å². The first-order valence-corrected chi connectivity index (χ1v) is 17.2. The molecule has 1 amide bonds. The van der Waals surface area contributed by atoms with E-state index >= 15 is 0 Å². The first kappa shape index (κ1) is 44.2. The van der Waals surface area contributed by atoms with Crippen LogP contribution in [0.15, 0.2) is 18.5 Å². The van der Waals surface area contributed by atoms with Crippen molar-refractivity contribution in [1.29, 1.82) is 0 Å². The quantitative estimate of drug-likeness (QED) is 0.0877. The summed E-state index contributed by atoms with van der Waals surface area (Å²) in [4.78, 5) is 20.0. The van der Waals surface area contributed by atoms with Crippen LogP contribution in [0.1, 0.15) is 12.2 Å². The molecule has 2 aromatic rings. The first-order chi connectivity index (χ1) is 25.3. The van der Waals surface area contributed by atoms with Crippen LogP contribution in [0.4, 0.5) is 0 Å². The van der Waals surface area contributed by atoms with E-state index in [0.29, 0.717) is 163 Å². The monoisotopic (exact) mass is 729 g/mol. The molecule has 0 aliphatic rings. The number of methoxy groups -OCH3 is 1. The van der Waals surface area contributed by atoms with E-state index in [0.717, 1.165) is 0 Å². The van der Waals surface area contributed by atoms with Crippen LogP contribution < -0.4 is 5.32 Å². The number of nitrogens with one attached hydrogen (secondary N) is 1. The van der Waals surface area contributed by atoms with E-state index in [9.17, 15) is 4.79 Å². The molecular formula is C32H55N7O12. The standard InChI is InChI=1S/C32H55N7O12/c1-41-8-9-42-10-11-43-12-13-44-14-15-45-16-17-46-18-19-47-20-21-48-22-23-49-24-25-50-26-27-51-28-30(40)33-5-2-4-29-36-38-32(39-37-29)31-34-6-3-7-35-31/h3,6-7H,2,4-5,8-28H2,1H3,(H,33,40). The molecule has 51 heavy (non-hydrogen) atoms. The third-order valence-corrected chi connectivity index (χ3v) is 6.20. The third kappa shape index (κ3) is 27.4. The molecule has 290 valence electrons. The fourth-order valence-electron chi connectivity index (χ4n) is 3.67. The van der Waals surface area contributed by atoms with Crippen LogP contribution in [-0.2, 0) is 63.3 Å². The molecule has 0 saturated heterocycles. The molecule has 0 fully saturated rings. The van der Waals surface area contributed by atoms with E-state index in [1.54, 1.807) is 25.6 Å². The normalized spacial score (nSPS) is 11.3. The molecule has 0 aliphatic carbocycles. The lowest BCUT2D eigenvalue weighted by atomic mass is 10.3. The third-order valence-electron chi connectivity index (χ3n) is 6.20. The van der Waals surface area contributed by atoms with Crippen LogP contribution in [0.3, 0.4) is 0 Å². The van der Waals surface area contributed by atoms with Crippen molar-refractivity contribution in [3.63, 3.8) is 0 Å². The summed E-state index contributed by atoms with van der Waals surface area (Å²) in [5, 5.41) is 18.8. The molecule has 0 radical (unpaired) electrons. The molecule has 2 rings (SSSR count). The van der Waals surface area contributed by atoms with Crippen LogP contribution in [0, 0.1) is 0 Å². The maximum Gasteiger partial charge on any atom is 0.245 e. The molecule has 0 bridgehead atoms. The zero-order chi connectivity index (χ0) is 36.1. The highest BCUT2D eigenvalue weighted by Crippen LogP contribution is 2.04. The van der Waals surface area contributed by atoms with Gasteiger partial charge in [-0.2, -0.15) is 0 Å². The maximum absolute atomic E-state index is 11.9. The highest BCUT2D eigenvalue weighted by Gasteiger charge is 2.07. The molecule has 2 heterocycles. The predicted molar refractivity (Wildman–Crippen MR) is 180 cm³/mol. The van der Waals surface area contributed by atoms with Crippen molar-refractivity contribution < 1.29 is 56.9 Å². The minimum absolute atomic E-state index is 0.0450. The number of hydrogen-bond donors (Lipinski definition) is 1. The Hall–Kier alpha value is -2.95. The summed E-state index contributed by atoms with van der Waals surface area (Å²) in [6.45, 7) is 10.1. The van der Waals surface area contributed by atoms with Crippen LogP contribution in [-0.4, -0.2) is 189 Å². The van der Waals surface area contributed by atoms with E-state index in [1.807, 2.05) is 0 Å². The van der Waals surface area contributed by atoms with Gasteiger partial charge in [-0.15, -0.1) is 20.4 Å². The van der Waals surface area contributed by atoms with Gasteiger partial charge in [0.25, 0.3) is 0 Å². The van der Waals surface area contributed by atoms with Crippen LogP contribution in [0.2, 0.25) is 0 Å². The molecule has 0 atom stereocenters. The van der Waals surface area contributed by atoms with E-state index in [2.05, 4.69) is 35.7 Å². The summed E-state index contributed by atoms with van der Waals surface area (Å²) in [6, 6.07) is 1.70. The molecule has 1 N–H and O–H groups in total. The number of amides is 1. The summed E-state index contributed by atoms with van der Waals surface area (Å²) in [5.41, 5.74) is 0. The van der Waals surface area contributed by atoms with Gasteiger partial charge in [0.05, 0.1) is 132 Å². The molecule has 0 spiro atoms. The van der Waals surface area contributed by atoms with E-state index in [4.69, 9.17) is 52.1 Å². The molecule has 19 nitrogen and oxygen atoms in total. The number of carbonyl (C=O) groups excluding carboxylic acids is 1. The number of rotatable bonds is 37. The zero-order valence-corrected chi connectivity index (χ0v) is 29.8. The van der Waals surface area contributed by atoms with Gasteiger partial charge >= 0.3 is 0 Å². The maximum atomic E-state index is 11.9. The molecule has 19 heteroatoms. The van der Waals surface area contributed by atoms with Crippen molar-refractivity contribution in [3.8, 4) is 11.6 Å². The molecule has 0 saturated carbocycles. The Balaban J connectivity index is 1.20. The van der Waals surface area contributed by atoms with Crippen molar-refractivity contribution >= 4 is 5.91 Å². The summed E-state index contributed by atoms with van der Waals surface area (Å²) in [5.74, 6) is 0.891. The summed E-state index contributed by atoms with van der Waals surface area (Å²) in [7, 11) is 1.64. The van der Waals surface area contributed by atoms with E-state index < -0.39 is 0 Å². The van der Waals surface area contributed by atoms with Gasteiger partial charge in [-0.3, -0.25) is 4.79 Å². The highest BCUT2D eigenvalue weighted by molar-refractivity contribution is 5.77. The van der Waals surface area contributed by atoms with Crippen molar-refractivity contribution in [1.82, 2.24) is 35.7 Å². The van der Waals surface area contributed by atoms with Crippen molar-refractivity contribution in [3.05, 3.63) is 24.3 Å². The minimum Gasteiger partial charge on any atom is -0.382 e. The lowest BCUT2D eigenvalue weighted by Crippen LogP contribution is -2.29. The van der Waals surface area contributed by atoms with Crippen LogP contribution in [0.5, 0.6) is 0 Å². The second-order valence-electron chi connectivity index (χ2n) is 10.2. The Morgan fingerprint density at radius 1 is 0.510 bits per heavy atom. The molecule has 0 aromatic carbocycles. The van der Waals surface area contributed by atoms with Gasteiger partial charge < -0.3 is 57.4 Å². The molecular weight excluding hydrogens is 674 g/mol.